The summed E-state index contributed by atoms with van der Waals surface area (Å²) in [5.74, 6) is 3.68. The fourth-order valence-corrected chi connectivity index (χ4v) is 2.94. The Balaban J connectivity index is 1.84. The van der Waals surface area contributed by atoms with Gasteiger partial charge < -0.3 is 10.3 Å². The maximum absolute atomic E-state index is 5.76. The molecule has 0 saturated carbocycles. The maximum Gasteiger partial charge on any atom is 0.165 e. The fraction of sp³-hybridized carbons (Fsp3) is 0.615. The molecule has 0 aliphatic carbocycles. The number of aryl methyl sites for hydroxylation is 1. The summed E-state index contributed by atoms with van der Waals surface area (Å²) in [6.07, 6.45) is 5.67. The minimum absolute atomic E-state index is 0.454. The Morgan fingerprint density at radius 2 is 2.21 bits per heavy atom. The first-order valence-electron chi connectivity index (χ1n) is 6.71. The molecule has 0 radical (unpaired) electrons. The van der Waals surface area contributed by atoms with E-state index in [2.05, 4.69) is 33.4 Å². The molecule has 2 aromatic heterocycles. The van der Waals surface area contributed by atoms with Crippen LogP contribution in [0.15, 0.2) is 12.7 Å². The summed E-state index contributed by atoms with van der Waals surface area (Å²) in [5, 5.41) is 0. The molecule has 0 spiro atoms. The number of hydrogen-bond acceptors (Lipinski definition) is 5. The van der Waals surface area contributed by atoms with Crippen molar-refractivity contribution in [3.8, 4) is 0 Å². The number of rotatable bonds is 7. The highest BCUT2D eigenvalue weighted by Crippen LogP contribution is 2.16. The highest BCUT2D eigenvalue weighted by molar-refractivity contribution is 7.99. The molecule has 2 aromatic rings. The largest absolute Gasteiger partial charge is 0.382 e. The van der Waals surface area contributed by atoms with Gasteiger partial charge in [0.25, 0.3) is 0 Å². The number of nitrogens with zero attached hydrogens (tertiary/aromatic N) is 4. The molecule has 0 aliphatic rings. The molecule has 1 unspecified atom stereocenters. The lowest BCUT2D eigenvalue weighted by Gasteiger charge is -2.08. The van der Waals surface area contributed by atoms with Crippen molar-refractivity contribution >= 4 is 28.7 Å². The first-order chi connectivity index (χ1) is 9.22. The van der Waals surface area contributed by atoms with Gasteiger partial charge in [-0.15, -0.1) is 0 Å². The average molecular weight is 279 g/mol. The summed E-state index contributed by atoms with van der Waals surface area (Å²) in [5.41, 5.74) is 7.30. The first-order valence-corrected chi connectivity index (χ1v) is 7.87. The Bertz CT molecular complexity index is 525. The highest BCUT2D eigenvalue weighted by atomic mass is 32.2. The third kappa shape index (κ3) is 3.59. The average Bonchev–Trinajstić information content (AvgIpc) is 2.83. The Kier molecular flexibility index (Phi) is 5.01. The van der Waals surface area contributed by atoms with Gasteiger partial charge in [0.2, 0.25) is 0 Å². The van der Waals surface area contributed by atoms with E-state index in [1.54, 1.807) is 6.33 Å². The van der Waals surface area contributed by atoms with Crippen LogP contribution in [-0.2, 0) is 6.54 Å². The van der Waals surface area contributed by atoms with Crippen LogP contribution in [0.3, 0.4) is 0 Å². The van der Waals surface area contributed by atoms with E-state index in [1.807, 2.05) is 11.8 Å². The molecule has 0 aromatic carbocycles. The smallest absolute Gasteiger partial charge is 0.165 e. The molecule has 2 rings (SSSR count). The zero-order chi connectivity index (χ0) is 13.7. The molecule has 0 aliphatic heterocycles. The van der Waals surface area contributed by atoms with Crippen molar-refractivity contribution in [2.24, 2.45) is 5.92 Å². The summed E-state index contributed by atoms with van der Waals surface area (Å²) in [4.78, 5) is 12.5. The van der Waals surface area contributed by atoms with E-state index in [1.165, 1.54) is 24.3 Å². The summed E-state index contributed by atoms with van der Waals surface area (Å²) in [6, 6.07) is 0. The van der Waals surface area contributed by atoms with Gasteiger partial charge in [0.15, 0.2) is 11.5 Å². The Morgan fingerprint density at radius 1 is 1.37 bits per heavy atom. The van der Waals surface area contributed by atoms with Crippen LogP contribution in [0.4, 0.5) is 5.82 Å². The van der Waals surface area contributed by atoms with Gasteiger partial charge in [0.1, 0.15) is 11.8 Å². The van der Waals surface area contributed by atoms with Gasteiger partial charge >= 0.3 is 0 Å². The van der Waals surface area contributed by atoms with Crippen LogP contribution < -0.4 is 5.73 Å². The standard InChI is InChI=1S/C13H21N5S/c1-3-10(2)7-19-6-4-5-18-9-17-11-12(14)15-8-16-13(11)18/h8-10H,3-7H2,1-2H3,(H2,14,15,16). The van der Waals surface area contributed by atoms with E-state index >= 15 is 0 Å². The van der Waals surface area contributed by atoms with Crippen LogP contribution in [0.2, 0.25) is 0 Å². The van der Waals surface area contributed by atoms with Crippen molar-refractivity contribution in [2.45, 2.75) is 33.2 Å². The van der Waals surface area contributed by atoms with Crippen molar-refractivity contribution in [3.63, 3.8) is 0 Å². The monoisotopic (exact) mass is 279 g/mol. The van der Waals surface area contributed by atoms with Crippen LogP contribution >= 0.6 is 11.8 Å². The number of nitrogen functional groups attached to an aromatic ring is 1. The van der Waals surface area contributed by atoms with Crippen molar-refractivity contribution < 1.29 is 0 Å². The lowest BCUT2D eigenvalue weighted by molar-refractivity contribution is 0.635. The van der Waals surface area contributed by atoms with Gasteiger partial charge in [-0.2, -0.15) is 11.8 Å². The molecule has 5 nitrogen and oxygen atoms in total. The van der Waals surface area contributed by atoms with E-state index < -0.39 is 0 Å². The zero-order valence-electron chi connectivity index (χ0n) is 11.5. The van der Waals surface area contributed by atoms with Crippen molar-refractivity contribution in [2.75, 3.05) is 17.2 Å². The second-order valence-corrected chi connectivity index (χ2v) is 5.96. The number of aromatic nitrogens is 4. The molecule has 0 fully saturated rings. The van der Waals surface area contributed by atoms with Gasteiger partial charge in [-0.05, 0) is 23.8 Å². The molecule has 0 bridgehead atoms. The summed E-state index contributed by atoms with van der Waals surface area (Å²) >= 11 is 2.03. The molecule has 104 valence electrons. The van der Waals surface area contributed by atoms with Crippen LogP contribution in [0.25, 0.3) is 11.2 Å². The molecule has 19 heavy (non-hydrogen) atoms. The van der Waals surface area contributed by atoms with E-state index in [9.17, 15) is 0 Å². The Morgan fingerprint density at radius 3 is 3.00 bits per heavy atom. The predicted molar refractivity (Wildman–Crippen MR) is 81.1 cm³/mol. The molecular weight excluding hydrogens is 258 g/mol. The first kappa shape index (κ1) is 14.1. The minimum atomic E-state index is 0.454. The molecule has 2 heterocycles. The predicted octanol–water partition coefficient (Wildman–Crippen LogP) is 2.58. The number of thioether (sulfide) groups is 1. The Hall–Kier alpha value is -1.30. The second-order valence-electron chi connectivity index (χ2n) is 4.81. The third-order valence-corrected chi connectivity index (χ3v) is 4.60. The Labute approximate surface area is 118 Å². The lowest BCUT2D eigenvalue weighted by Crippen LogP contribution is -2.02. The quantitative estimate of drug-likeness (QED) is 0.789. The van der Waals surface area contributed by atoms with Gasteiger partial charge in [-0.1, -0.05) is 20.3 Å². The van der Waals surface area contributed by atoms with E-state index in [0.29, 0.717) is 11.3 Å². The molecular formula is C13H21N5S. The van der Waals surface area contributed by atoms with E-state index in [-0.39, 0.29) is 0 Å². The molecule has 0 amide bonds. The van der Waals surface area contributed by atoms with Crippen LogP contribution in [-0.4, -0.2) is 31.0 Å². The van der Waals surface area contributed by atoms with Crippen LogP contribution in [0.5, 0.6) is 0 Å². The summed E-state index contributed by atoms with van der Waals surface area (Å²) in [6.45, 7) is 5.48. The van der Waals surface area contributed by atoms with Crippen molar-refractivity contribution in [3.05, 3.63) is 12.7 Å². The summed E-state index contributed by atoms with van der Waals surface area (Å²) < 4.78 is 2.05. The molecule has 1 atom stereocenters. The number of imidazole rings is 1. The van der Waals surface area contributed by atoms with Gasteiger partial charge in [0.05, 0.1) is 6.33 Å². The summed E-state index contributed by atoms with van der Waals surface area (Å²) in [7, 11) is 0. The van der Waals surface area contributed by atoms with E-state index in [0.717, 1.165) is 24.5 Å². The van der Waals surface area contributed by atoms with Crippen molar-refractivity contribution in [1.29, 1.82) is 0 Å². The second kappa shape index (κ2) is 6.75. The fourth-order valence-electron chi connectivity index (χ4n) is 1.80. The van der Waals surface area contributed by atoms with Crippen LogP contribution in [0, 0.1) is 5.92 Å². The number of nitrogens with two attached hydrogens (primary N) is 1. The maximum atomic E-state index is 5.76. The third-order valence-electron chi connectivity index (χ3n) is 3.22. The SMILES string of the molecule is CCC(C)CSCCCn1cnc2c(N)ncnc21. The van der Waals surface area contributed by atoms with Gasteiger partial charge in [-0.3, -0.25) is 0 Å². The lowest BCUT2D eigenvalue weighted by atomic mass is 10.2. The number of anilines is 1. The van der Waals surface area contributed by atoms with Gasteiger partial charge in [0, 0.05) is 6.54 Å². The molecule has 6 heteroatoms. The number of hydrogen-bond donors (Lipinski definition) is 1. The topological polar surface area (TPSA) is 69.6 Å². The van der Waals surface area contributed by atoms with E-state index in [4.69, 9.17) is 5.73 Å². The van der Waals surface area contributed by atoms with Crippen molar-refractivity contribution in [1.82, 2.24) is 19.5 Å². The molecule has 0 saturated heterocycles. The van der Waals surface area contributed by atoms with Crippen LogP contribution in [0.1, 0.15) is 26.7 Å². The van der Waals surface area contributed by atoms with Gasteiger partial charge in [-0.25, -0.2) is 15.0 Å². The highest BCUT2D eigenvalue weighted by Gasteiger charge is 2.07. The zero-order valence-corrected chi connectivity index (χ0v) is 12.4. The minimum Gasteiger partial charge on any atom is -0.382 e. The normalized spacial score (nSPS) is 12.9. The molecule has 2 N–H and O–H groups in total. The number of fused-ring (bicyclic) bond motifs is 1.